The van der Waals surface area contributed by atoms with Crippen molar-refractivity contribution in [3.05, 3.63) is 65.7 Å². The number of hydrogen-bond donors (Lipinski definition) is 2. The minimum absolute atomic E-state index is 0.396. The number of hydrogen-bond acceptors (Lipinski definition) is 4. The van der Waals surface area contributed by atoms with Gasteiger partial charge in [0.2, 0.25) is 10.0 Å². The van der Waals surface area contributed by atoms with E-state index in [4.69, 9.17) is 9.73 Å². The van der Waals surface area contributed by atoms with E-state index in [9.17, 15) is 8.42 Å². The molecule has 31 heavy (non-hydrogen) atoms. The average molecular weight is 445 g/mol. The second-order valence-electron chi connectivity index (χ2n) is 7.80. The Bertz CT molecular complexity index is 964. The molecule has 1 unspecified atom stereocenters. The SMILES string of the molecule is CCNC(=NCc1ccccc1NS(C)(=O)=O)N1CCC(COCc2ccccc2)C1. The first-order chi connectivity index (χ1) is 14.9. The summed E-state index contributed by atoms with van der Waals surface area (Å²) >= 11 is 0. The number of para-hydroxylation sites is 1. The van der Waals surface area contributed by atoms with Crippen LogP contribution >= 0.6 is 0 Å². The van der Waals surface area contributed by atoms with E-state index in [0.717, 1.165) is 50.4 Å². The van der Waals surface area contributed by atoms with Crippen molar-refractivity contribution in [3.8, 4) is 0 Å². The summed E-state index contributed by atoms with van der Waals surface area (Å²) in [6.07, 6.45) is 2.22. The third kappa shape index (κ3) is 7.56. The molecule has 0 aliphatic carbocycles. The van der Waals surface area contributed by atoms with Crippen molar-refractivity contribution >= 4 is 21.7 Å². The zero-order valence-electron chi connectivity index (χ0n) is 18.3. The third-order valence-electron chi connectivity index (χ3n) is 5.10. The second-order valence-corrected chi connectivity index (χ2v) is 9.55. The quantitative estimate of drug-likeness (QED) is 0.459. The Morgan fingerprint density at radius 2 is 1.90 bits per heavy atom. The fourth-order valence-electron chi connectivity index (χ4n) is 3.62. The predicted molar refractivity (Wildman–Crippen MR) is 126 cm³/mol. The smallest absolute Gasteiger partial charge is 0.229 e. The lowest BCUT2D eigenvalue weighted by Crippen LogP contribution is -2.40. The Balaban J connectivity index is 1.57. The zero-order chi connectivity index (χ0) is 22.1. The van der Waals surface area contributed by atoms with Crippen molar-refractivity contribution in [2.45, 2.75) is 26.5 Å². The maximum atomic E-state index is 11.6. The Labute approximate surface area is 185 Å². The molecule has 0 saturated carbocycles. The molecular weight excluding hydrogens is 412 g/mol. The summed E-state index contributed by atoms with van der Waals surface area (Å²) in [5, 5.41) is 3.36. The van der Waals surface area contributed by atoms with E-state index < -0.39 is 10.0 Å². The molecule has 0 amide bonds. The highest BCUT2D eigenvalue weighted by Crippen LogP contribution is 2.20. The minimum Gasteiger partial charge on any atom is -0.376 e. The summed E-state index contributed by atoms with van der Waals surface area (Å²) in [6, 6.07) is 17.6. The molecule has 2 aromatic rings. The van der Waals surface area contributed by atoms with E-state index in [1.807, 2.05) is 43.3 Å². The summed E-state index contributed by atoms with van der Waals surface area (Å²) in [4.78, 5) is 7.03. The van der Waals surface area contributed by atoms with E-state index in [-0.39, 0.29) is 0 Å². The number of nitrogens with one attached hydrogen (secondary N) is 2. The Morgan fingerprint density at radius 1 is 1.16 bits per heavy atom. The van der Waals surface area contributed by atoms with Crippen molar-refractivity contribution < 1.29 is 13.2 Å². The molecule has 0 radical (unpaired) electrons. The van der Waals surface area contributed by atoms with E-state index in [1.165, 1.54) is 5.56 Å². The predicted octanol–water partition coefficient (Wildman–Crippen LogP) is 3.06. The van der Waals surface area contributed by atoms with E-state index in [2.05, 4.69) is 27.1 Å². The number of guanidine groups is 1. The molecule has 0 aromatic heterocycles. The average Bonchev–Trinajstić information content (AvgIpc) is 3.20. The van der Waals surface area contributed by atoms with Gasteiger partial charge in [-0.2, -0.15) is 0 Å². The van der Waals surface area contributed by atoms with Crippen molar-refractivity contribution in [3.63, 3.8) is 0 Å². The molecule has 7 nitrogen and oxygen atoms in total. The lowest BCUT2D eigenvalue weighted by atomic mass is 10.1. The normalized spacial score (nSPS) is 17.0. The van der Waals surface area contributed by atoms with Crippen molar-refractivity contribution in [2.75, 3.05) is 37.2 Å². The van der Waals surface area contributed by atoms with Gasteiger partial charge in [-0.25, -0.2) is 13.4 Å². The van der Waals surface area contributed by atoms with Crippen LogP contribution in [0.5, 0.6) is 0 Å². The number of nitrogens with zero attached hydrogens (tertiary/aromatic N) is 2. The van der Waals surface area contributed by atoms with Gasteiger partial charge in [0.1, 0.15) is 0 Å². The first kappa shape index (κ1) is 23.1. The molecule has 1 heterocycles. The number of ether oxygens (including phenoxy) is 1. The fraction of sp³-hybridized carbons (Fsp3) is 0.435. The summed E-state index contributed by atoms with van der Waals surface area (Å²) in [7, 11) is -3.34. The lowest BCUT2D eigenvalue weighted by molar-refractivity contribution is 0.0906. The molecular formula is C23H32N4O3S. The van der Waals surface area contributed by atoms with Gasteiger partial charge in [0.05, 0.1) is 31.7 Å². The Hall–Kier alpha value is -2.58. The molecule has 8 heteroatoms. The van der Waals surface area contributed by atoms with Crippen LogP contribution in [0.3, 0.4) is 0 Å². The monoisotopic (exact) mass is 444 g/mol. The standard InChI is InChI=1S/C23H32N4O3S/c1-3-24-23(25-15-21-11-7-8-12-22(21)26-31(2,28)29)27-14-13-20(16-27)18-30-17-19-9-5-4-6-10-19/h4-12,20,26H,3,13-18H2,1-2H3,(H,24,25). The van der Waals surface area contributed by atoms with Crippen LogP contribution < -0.4 is 10.0 Å². The fourth-order valence-corrected chi connectivity index (χ4v) is 4.22. The van der Waals surface area contributed by atoms with Gasteiger partial charge in [-0.1, -0.05) is 48.5 Å². The van der Waals surface area contributed by atoms with Crippen LogP contribution in [0.15, 0.2) is 59.6 Å². The molecule has 168 valence electrons. The summed E-state index contributed by atoms with van der Waals surface area (Å²) in [5.74, 6) is 1.31. The number of anilines is 1. The lowest BCUT2D eigenvalue weighted by Gasteiger charge is -2.22. The maximum absolute atomic E-state index is 11.6. The maximum Gasteiger partial charge on any atom is 0.229 e. The van der Waals surface area contributed by atoms with Crippen LogP contribution in [-0.2, 0) is 27.9 Å². The number of benzene rings is 2. The topological polar surface area (TPSA) is 83.0 Å². The van der Waals surface area contributed by atoms with E-state index in [0.29, 0.717) is 24.8 Å². The van der Waals surface area contributed by atoms with Gasteiger partial charge in [-0.3, -0.25) is 4.72 Å². The van der Waals surface area contributed by atoms with Crippen LogP contribution in [0, 0.1) is 5.92 Å². The van der Waals surface area contributed by atoms with Crippen molar-refractivity contribution in [1.82, 2.24) is 10.2 Å². The molecule has 1 fully saturated rings. The van der Waals surface area contributed by atoms with Crippen LogP contribution in [-0.4, -0.2) is 51.8 Å². The highest BCUT2D eigenvalue weighted by Gasteiger charge is 2.25. The molecule has 3 rings (SSSR count). The largest absolute Gasteiger partial charge is 0.376 e. The van der Waals surface area contributed by atoms with Gasteiger partial charge in [0, 0.05) is 25.6 Å². The van der Waals surface area contributed by atoms with Crippen LogP contribution in [0.4, 0.5) is 5.69 Å². The zero-order valence-corrected chi connectivity index (χ0v) is 19.1. The van der Waals surface area contributed by atoms with Crippen LogP contribution in [0.25, 0.3) is 0 Å². The van der Waals surface area contributed by atoms with Crippen LogP contribution in [0.1, 0.15) is 24.5 Å². The van der Waals surface area contributed by atoms with Gasteiger partial charge in [0.15, 0.2) is 5.96 Å². The minimum atomic E-state index is -3.34. The molecule has 0 bridgehead atoms. The second kappa shape index (κ2) is 11.2. The molecule has 1 aliphatic rings. The Kier molecular flexibility index (Phi) is 8.31. The number of sulfonamides is 1. The van der Waals surface area contributed by atoms with Crippen LogP contribution in [0.2, 0.25) is 0 Å². The van der Waals surface area contributed by atoms with Crippen molar-refractivity contribution in [1.29, 1.82) is 0 Å². The highest BCUT2D eigenvalue weighted by atomic mass is 32.2. The van der Waals surface area contributed by atoms with Gasteiger partial charge in [-0.05, 0) is 30.5 Å². The first-order valence-electron chi connectivity index (χ1n) is 10.6. The Morgan fingerprint density at radius 3 is 2.65 bits per heavy atom. The van der Waals surface area contributed by atoms with Gasteiger partial charge in [0.25, 0.3) is 0 Å². The third-order valence-corrected chi connectivity index (χ3v) is 5.69. The van der Waals surface area contributed by atoms with E-state index in [1.54, 1.807) is 6.07 Å². The number of rotatable bonds is 9. The molecule has 1 saturated heterocycles. The highest BCUT2D eigenvalue weighted by molar-refractivity contribution is 7.92. The summed E-state index contributed by atoms with van der Waals surface area (Å²) in [5.41, 5.74) is 2.59. The first-order valence-corrected chi connectivity index (χ1v) is 12.5. The van der Waals surface area contributed by atoms with Gasteiger partial charge >= 0.3 is 0 Å². The van der Waals surface area contributed by atoms with Crippen molar-refractivity contribution in [2.24, 2.45) is 10.9 Å². The summed E-state index contributed by atoms with van der Waals surface area (Å²) in [6.45, 7) is 6.39. The number of likely N-dealkylation sites (tertiary alicyclic amines) is 1. The molecule has 1 atom stereocenters. The molecule has 2 N–H and O–H groups in total. The number of aliphatic imine (C=N–C) groups is 1. The molecule has 2 aromatic carbocycles. The van der Waals surface area contributed by atoms with Gasteiger partial charge in [-0.15, -0.1) is 0 Å². The molecule has 1 aliphatic heterocycles. The van der Waals surface area contributed by atoms with E-state index >= 15 is 0 Å². The molecule has 0 spiro atoms. The summed E-state index contributed by atoms with van der Waals surface area (Å²) < 4.78 is 31.8. The van der Waals surface area contributed by atoms with Gasteiger partial charge < -0.3 is 15.0 Å².